The molecule has 0 bridgehead atoms. The van der Waals surface area contributed by atoms with E-state index in [9.17, 15) is 9.90 Å². The van der Waals surface area contributed by atoms with E-state index in [0.29, 0.717) is 36.3 Å². The normalized spacial score (nSPS) is 12.3. The molecule has 1 atom stereocenters. The Hall–Kier alpha value is -1.46. The summed E-state index contributed by atoms with van der Waals surface area (Å²) in [4.78, 5) is 11.2. The van der Waals surface area contributed by atoms with Crippen LogP contribution < -0.4 is 14.8 Å². The molecule has 0 saturated heterocycles. The molecular formula is C16H24ClNO4. The fourth-order valence-electron chi connectivity index (χ4n) is 2.08. The predicted octanol–water partition coefficient (Wildman–Crippen LogP) is 3.34. The van der Waals surface area contributed by atoms with Crippen molar-refractivity contribution in [1.82, 2.24) is 5.32 Å². The number of rotatable bonds is 9. The molecule has 1 aromatic carbocycles. The van der Waals surface area contributed by atoms with Crippen LogP contribution in [0, 0.1) is 5.92 Å². The van der Waals surface area contributed by atoms with E-state index >= 15 is 0 Å². The van der Waals surface area contributed by atoms with Crippen LogP contribution in [0.3, 0.4) is 0 Å². The van der Waals surface area contributed by atoms with Gasteiger partial charge in [-0.2, -0.15) is 0 Å². The van der Waals surface area contributed by atoms with Gasteiger partial charge >= 0.3 is 5.97 Å². The molecular weight excluding hydrogens is 306 g/mol. The third-order valence-electron chi connectivity index (χ3n) is 3.16. The first-order chi connectivity index (χ1) is 10.4. The summed E-state index contributed by atoms with van der Waals surface area (Å²) >= 11 is 6.26. The number of benzene rings is 1. The van der Waals surface area contributed by atoms with Crippen LogP contribution in [0.4, 0.5) is 0 Å². The number of carboxylic acid groups (broad SMARTS) is 1. The molecule has 5 nitrogen and oxygen atoms in total. The number of halogens is 1. The minimum Gasteiger partial charge on any atom is -0.490 e. The Morgan fingerprint density at radius 2 is 1.77 bits per heavy atom. The average molecular weight is 330 g/mol. The number of aliphatic carboxylic acids is 1. The zero-order valence-corrected chi connectivity index (χ0v) is 14.2. The molecule has 1 aromatic rings. The van der Waals surface area contributed by atoms with E-state index in [-0.39, 0.29) is 5.92 Å². The smallest absolute Gasteiger partial charge is 0.320 e. The standard InChI is InChI=1S/C16H24ClNO4/c1-5-21-13-7-11(12(17)8-14(13)22-6-2)9-18-15(10(3)4)16(19)20/h7-8,10,15,18H,5-6,9H2,1-4H3,(H,19,20). The lowest BCUT2D eigenvalue weighted by molar-refractivity contribution is -0.140. The van der Waals surface area contributed by atoms with Gasteiger partial charge < -0.3 is 19.9 Å². The summed E-state index contributed by atoms with van der Waals surface area (Å²) in [6.07, 6.45) is 0. The monoisotopic (exact) mass is 329 g/mol. The molecule has 0 saturated carbocycles. The maximum absolute atomic E-state index is 11.2. The Balaban J connectivity index is 2.94. The van der Waals surface area contributed by atoms with E-state index in [4.69, 9.17) is 21.1 Å². The largest absolute Gasteiger partial charge is 0.490 e. The van der Waals surface area contributed by atoms with Gasteiger partial charge in [-0.05, 0) is 31.4 Å². The summed E-state index contributed by atoms with van der Waals surface area (Å²) in [7, 11) is 0. The first kappa shape index (κ1) is 18.6. The van der Waals surface area contributed by atoms with Gasteiger partial charge in [0.05, 0.1) is 13.2 Å². The lowest BCUT2D eigenvalue weighted by Crippen LogP contribution is -2.40. The Morgan fingerprint density at radius 1 is 1.23 bits per heavy atom. The van der Waals surface area contributed by atoms with Crippen molar-refractivity contribution in [3.8, 4) is 11.5 Å². The summed E-state index contributed by atoms with van der Waals surface area (Å²) in [5, 5.41) is 12.7. The molecule has 0 aliphatic carbocycles. The quantitative estimate of drug-likeness (QED) is 0.727. The second kappa shape index (κ2) is 8.86. The topological polar surface area (TPSA) is 67.8 Å². The number of ether oxygens (including phenoxy) is 2. The van der Waals surface area contributed by atoms with E-state index in [1.165, 1.54) is 0 Å². The Kier molecular flexibility index (Phi) is 7.48. The van der Waals surface area contributed by atoms with Gasteiger partial charge in [-0.25, -0.2) is 0 Å². The highest BCUT2D eigenvalue weighted by atomic mass is 35.5. The zero-order valence-electron chi connectivity index (χ0n) is 13.5. The molecule has 124 valence electrons. The van der Waals surface area contributed by atoms with E-state index in [2.05, 4.69) is 5.32 Å². The maximum atomic E-state index is 11.2. The minimum atomic E-state index is -0.873. The molecule has 0 aliphatic rings. The van der Waals surface area contributed by atoms with Crippen molar-refractivity contribution in [2.24, 2.45) is 5.92 Å². The molecule has 0 aromatic heterocycles. The zero-order chi connectivity index (χ0) is 16.7. The van der Waals surface area contributed by atoms with Crippen LogP contribution in [0.1, 0.15) is 33.3 Å². The number of carboxylic acids is 1. The van der Waals surface area contributed by atoms with Crippen molar-refractivity contribution in [2.75, 3.05) is 13.2 Å². The fourth-order valence-corrected chi connectivity index (χ4v) is 2.30. The van der Waals surface area contributed by atoms with Gasteiger partial charge in [0.1, 0.15) is 6.04 Å². The lowest BCUT2D eigenvalue weighted by Gasteiger charge is -2.19. The predicted molar refractivity (Wildman–Crippen MR) is 86.9 cm³/mol. The van der Waals surface area contributed by atoms with Crippen LogP contribution >= 0.6 is 11.6 Å². The van der Waals surface area contributed by atoms with Crippen LogP contribution in [0.5, 0.6) is 11.5 Å². The van der Waals surface area contributed by atoms with Crippen LogP contribution in [0.15, 0.2) is 12.1 Å². The number of hydrogen-bond acceptors (Lipinski definition) is 4. The fraction of sp³-hybridized carbons (Fsp3) is 0.562. The van der Waals surface area contributed by atoms with E-state index in [1.807, 2.05) is 27.7 Å². The van der Waals surface area contributed by atoms with Crippen LogP contribution in [-0.4, -0.2) is 30.3 Å². The second-order valence-electron chi connectivity index (χ2n) is 5.20. The molecule has 0 fully saturated rings. The summed E-state index contributed by atoms with van der Waals surface area (Å²) in [5.74, 6) is 0.311. The average Bonchev–Trinajstić information content (AvgIpc) is 2.43. The van der Waals surface area contributed by atoms with Gasteiger partial charge in [0.15, 0.2) is 11.5 Å². The molecule has 6 heteroatoms. The Bertz CT molecular complexity index is 505. The SMILES string of the molecule is CCOc1cc(Cl)c(CNC(C(=O)O)C(C)C)cc1OCC. The van der Waals surface area contributed by atoms with Gasteiger partial charge in [-0.3, -0.25) is 4.79 Å². The van der Waals surface area contributed by atoms with Crippen molar-refractivity contribution >= 4 is 17.6 Å². The van der Waals surface area contributed by atoms with Crippen LogP contribution in [0.2, 0.25) is 5.02 Å². The highest BCUT2D eigenvalue weighted by Crippen LogP contribution is 2.33. The second-order valence-corrected chi connectivity index (χ2v) is 5.60. The molecule has 0 aliphatic heterocycles. The number of hydrogen-bond donors (Lipinski definition) is 2. The van der Waals surface area contributed by atoms with Gasteiger partial charge in [0.2, 0.25) is 0 Å². The third-order valence-corrected chi connectivity index (χ3v) is 3.51. The molecule has 2 N–H and O–H groups in total. The molecule has 1 unspecified atom stereocenters. The Morgan fingerprint density at radius 3 is 2.23 bits per heavy atom. The summed E-state index contributed by atoms with van der Waals surface area (Å²) in [6.45, 7) is 8.87. The van der Waals surface area contributed by atoms with Crippen molar-refractivity contribution in [2.45, 2.75) is 40.3 Å². The maximum Gasteiger partial charge on any atom is 0.320 e. The summed E-state index contributed by atoms with van der Waals surface area (Å²) < 4.78 is 11.1. The first-order valence-electron chi connectivity index (χ1n) is 7.44. The van der Waals surface area contributed by atoms with Gasteiger partial charge in [-0.15, -0.1) is 0 Å². The molecule has 0 heterocycles. The molecule has 22 heavy (non-hydrogen) atoms. The minimum absolute atomic E-state index is 0.0228. The van der Waals surface area contributed by atoms with E-state index in [1.54, 1.807) is 12.1 Å². The molecule has 0 spiro atoms. The van der Waals surface area contributed by atoms with Gasteiger partial charge in [0.25, 0.3) is 0 Å². The third kappa shape index (κ3) is 5.07. The molecule has 0 radical (unpaired) electrons. The van der Waals surface area contributed by atoms with Crippen LogP contribution in [0.25, 0.3) is 0 Å². The highest BCUT2D eigenvalue weighted by molar-refractivity contribution is 6.31. The lowest BCUT2D eigenvalue weighted by atomic mass is 10.0. The van der Waals surface area contributed by atoms with Crippen molar-refractivity contribution < 1.29 is 19.4 Å². The van der Waals surface area contributed by atoms with Gasteiger partial charge in [-0.1, -0.05) is 25.4 Å². The molecule has 0 amide bonds. The van der Waals surface area contributed by atoms with Crippen molar-refractivity contribution in [3.63, 3.8) is 0 Å². The van der Waals surface area contributed by atoms with Gasteiger partial charge in [0, 0.05) is 17.6 Å². The van der Waals surface area contributed by atoms with E-state index in [0.717, 1.165) is 5.56 Å². The highest BCUT2D eigenvalue weighted by Gasteiger charge is 2.21. The van der Waals surface area contributed by atoms with Crippen LogP contribution in [-0.2, 0) is 11.3 Å². The summed E-state index contributed by atoms with van der Waals surface area (Å²) in [5.41, 5.74) is 0.778. The molecule has 1 rings (SSSR count). The number of carbonyl (C=O) groups is 1. The van der Waals surface area contributed by atoms with E-state index < -0.39 is 12.0 Å². The van der Waals surface area contributed by atoms with Crippen molar-refractivity contribution in [3.05, 3.63) is 22.7 Å². The first-order valence-corrected chi connectivity index (χ1v) is 7.82. The number of nitrogens with one attached hydrogen (secondary N) is 1. The van der Waals surface area contributed by atoms with Crippen molar-refractivity contribution in [1.29, 1.82) is 0 Å². The summed E-state index contributed by atoms with van der Waals surface area (Å²) in [6, 6.07) is 2.87. The Labute approximate surface area is 136 Å².